The maximum absolute atomic E-state index is 4.48. The summed E-state index contributed by atoms with van der Waals surface area (Å²) >= 11 is 1.81. The van der Waals surface area contributed by atoms with Crippen molar-refractivity contribution in [2.24, 2.45) is 5.92 Å². The van der Waals surface area contributed by atoms with E-state index in [1.54, 1.807) is 0 Å². The average molecular weight is 240 g/mol. The second-order valence-electron chi connectivity index (χ2n) is 4.97. The quantitative estimate of drug-likeness (QED) is 0.815. The molecule has 0 fully saturated rings. The van der Waals surface area contributed by atoms with E-state index in [2.05, 4.69) is 44.9 Å². The third kappa shape index (κ3) is 4.22. The summed E-state index contributed by atoms with van der Waals surface area (Å²) in [5.74, 6) is 0.748. The number of nitrogens with one attached hydrogen (secondary N) is 1. The van der Waals surface area contributed by atoms with Gasteiger partial charge in [0, 0.05) is 17.1 Å². The lowest BCUT2D eigenvalue weighted by molar-refractivity contribution is 0.387. The highest BCUT2D eigenvalue weighted by atomic mass is 32.1. The number of aryl methyl sites for hydroxylation is 1. The first kappa shape index (κ1) is 13.7. The summed E-state index contributed by atoms with van der Waals surface area (Å²) in [6.07, 6.45) is 4.30. The van der Waals surface area contributed by atoms with Gasteiger partial charge >= 0.3 is 0 Å². The Balaban J connectivity index is 2.55. The Bertz CT molecular complexity index is 307. The molecule has 0 saturated carbocycles. The number of hydrogen-bond acceptors (Lipinski definition) is 3. The summed E-state index contributed by atoms with van der Waals surface area (Å²) in [5, 5.41) is 4.91. The van der Waals surface area contributed by atoms with Crippen LogP contribution in [0.25, 0.3) is 0 Å². The minimum absolute atomic E-state index is 0.424. The fourth-order valence-corrected chi connectivity index (χ4v) is 2.93. The highest BCUT2D eigenvalue weighted by molar-refractivity contribution is 7.11. The van der Waals surface area contributed by atoms with Gasteiger partial charge in [0.25, 0.3) is 0 Å². The molecule has 92 valence electrons. The van der Waals surface area contributed by atoms with Gasteiger partial charge in [0.05, 0.1) is 6.04 Å². The second-order valence-corrected chi connectivity index (χ2v) is 6.23. The fourth-order valence-electron chi connectivity index (χ4n) is 2.02. The molecule has 16 heavy (non-hydrogen) atoms. The molecule has 0 bridgehead atoms. The lowest BCUT2D eigenvalue weighted by Crippen LogP contribution is -2.31. The van der Waals surface area contributed by atoms with Crippen molar-refractivity contribution in [2.45, 2.75) is 59.5 Å². The molecule has 2 atom stereocenters. The van der Waals surface area contributed by atoms with Crippen LogP contribution in [-0.2, 0) is 0 Å². The smallest absolute Gasteiger partial charge is 0.110 e. The Morgan fingerprint density at radius 3 is 2.50 bits per heavy atom. The maximum Gasteiger partial charge on any atom is 0.110 e. The molecule has 1 aromatic heterocycles. The summed E-state index contributed by atoms with van der Waals surface area (Å²) in [7, 11) is 0. The van der Waals surface area contributed by atoms with E-state index in [0.29, 0.717) is 12.1 Å². The third-order valence-electron chi connectivity index (χ3n) is 2.66. The van der Waals surface area contributed by atoms with Gasteiger partial charge in [-0.25, -0.2) is 4.98 Å². The Morgan fingerprint density at radius 1 is 1.38 bits per heavy atom. The van der Waals surface area contributed by atoms with Crippen LogP contribution in [0, 0.1) is 12.8 Å². The van der Waals surface area contributed by atoms with Gasteiger partial charge in [-0.15, -0.1) is 11.3 Å². The zero-order valence-corrected chi connectivity index (χ0v) is 11.9. The molecule has 2 unspecified atom stereocenters. The van der Waals surface area contributed by atoms with Crippen molar-refractivity contribution in [3.05, 3.63) is 16.1 Å². The summed E-state index contributed by atoms with van der Waals surface area (Å²) in [4.78, 5) is 5.77. The van der Waals surface area contributed by atoms with Crippen LogP contribution in [0.2, 0.25) is 0 Å². The predicted octanol–water partition coefficient (Wildman–Crippen LogP) is 3.93. The SMILES string of the molecule is CCC(NC(C)CC(C)C)c1ncc(C)s1. The van der Waals surface area contributed by atoms with Crippen molar-refractivity contribution in [1.29, 1.82) is 0 Å². The Labute approximate surface area is 103 Å². The molecule has 0 saturated heterocycles. The van der Waals surface area contributed by atoms with Crippen molar-refractivity contribution in [3.63, 3.8) is 0 Å². The van der Waals surface area contributed by atoms with Crippen molar-refractivity contribution < 1.29 is 0 Å². The number of rotatable bonds is 6. The minimum atomic E-state index is 0.424. The molecule has 1 aromatic rings. The predicted molar refractivity (Wildman–Crippen MR) is 71.9 cm³/mol. The summed E-state index contributed by atoms with van der Waals surface area (Å²) < 4.78 is 0. The molecule has 0 aliphatic carbocycles. The molecule has 0 aliphatic heterocycles. The van der Waals surface area contributed by atoms with Crippen molar-refractivity contribution in [3.8, 4) is 0 Å². The highest BCUT2D eigenvalue weighted by Gasteiger charge is 2.15. The molecule has 0 spiro atoms. The molecule has 2 nitrogen and oxygen atoms in total. The zero-order valence-electron chi connectivity index (χ0n) is 11.1. The molecular weight excluding hydrogens is 216 g/mol. The van der Waals surface area contributed by atoms with Gasteiger partial charge in [-0.1, -0.05) is 20.8 Å². The van der Waals surface area contributed by atoms with Crippen molar-refractivity contribution in [2.75, 3.05) is 0 Å². The molecule has 0 aliphatic rings. The van der Waals surface area contributed by atoms with Gasteiger partial charge in [0.15, 0.2) is 0 Å². The lowest BCUT2D eigenvalue weighted by atomic mass is 10.0. The summed E-state index contributed by atoms with van der Waals surface area (Å²) in [5.41, 5.74) is 0. The topological polar surface area (TPSA) is 24.9 Å². The van der Waals surface area contributed by atoms with E-state index in [-0.39, 0.29) is 0 Å². The number of thiazole rings is 1. The van der Waals surface area contributed by atoms with E-state index in [9.17, 15) is 0 Å². The lowest BCUT2D eigenvalue weighted by Gasteiger charge is -2.22. The van der Waals surface area contributed by atoms with Crippen LogP contribution >= 0.6 is 11.3 Å². The molecule has 3 heteroatoms. The molecule has 0 amide bonds. The van der Waals surface area contributed by atoms with E-state index in [1.807, 2.05) is 17.5 Å². The van der Waals surface area contributed by atoms with E-state index in [0.717, 1.165) is 12.3 Å². The van der Waals surface area contributed by atoms with Gasteiger partial charge in [-0.3, -0.25) is 0 Å². The number of nitrogens with zero attached hydrogens (tertiary/aromatic N) is 1. The normalized spacial score (nSPS) is 15.4. The minimum Gasteiger partial charge on any atom is -0.305 e. The van der Waals surface area contributed by atoms with Crippen LogP contribution in [0.1, 0.15) is 56.5 Å². The Morgan fingerprint density at radius 2 is 2.06 bits per heavy atom. The largest absolute Gasteiger partial charge is 0.305 e. The van der Waals surface area contributed by atoms with Crippen LogP contribution < -0.4 is 5.32 Å². The van der Waals surface area contributed by atoms with Crippen LogP contribution in [0.3, 0.4) is 0 Å². The standard InChI is InChI=1S/C13H24N2S/c1-6-12(13-14-8-11(5)16-13)15-10(4)7-9(2)3/h8-10,12,15H,6-7H2,1-5H3. The molecule has 0 radical (unpaired) electrons. The van der Waals surface area contributed by atoms with E-state index < -0.39 is 0 Å². The van der Waals surface area contributed by atoms with Gasteiger partial charge in [-0.2, -0.15) is 0 Å². The Kier molecular flexibility index (Phi) is 5.42. The number of aromatic nitrogens is 1. The van der Waals surface area contributed by atoms with Crippen molar-refractivity contribution in [1.82, 2.24) is 10.3 Å². The fraction of sp³-hybridized carbons (Fsp3) is 0.769. The average Bonchev–Trinajstić information content (AvgIpc) is 2.60. The first-order valence-corrected chi connectivity index (χ1v) is 7.03. The molecule has 1 heterocycles. The van der Waals surface area contributed by atoms with Crippen LogP contribution in [0.15, 0.2) is 6.20 Å². The second kappa shape index (κ2) is 6.36. The van der Waals surface area contributed by atoms with Gasteiger partial charge in [0.2, 0.25) is 0 Å². The first-order chi connectivity index (χ1) is 7.52. The maximum atomic E-state index is 4.48. The van der Waals surface area contributed by atoms with Crippen LogP contribution in [-0.4, -0.2) is 11.0 Å². The highest BCUT2D eigenvalue weighted by Crippen LogP contribution is 2.23. The van der Waals surface area contributed by atoms with Gasteiger partial charge in [0.1, 0.15) is 5.01 Å². The van der Waals surface area contributed by atoms with E-state index >= 15 is 0 Å². The van der Waals surface area contributed by atoms with Gasteiger partial charge < -0.3 is 5.32 Å². The van der Waals surface area contributed by atoms with Crippen LogP contribution in [0.4, 0.5) is 0 Å². The summed E-state index contributed by atoms with van der Waals surface area (Å²) in [6.45, 7) is 11.1. The van der Waals surface area contributed by atoms with Crippen molar-refractivity contribution >= 4 is 11.3 Å². The third-order valence-corrected chi connectivity index (χ3v) is 3.68. The number of hydrogen-bond donors (Lipinski definition) is 1. The molecule has 1 N–H and O–H groups in total. The van der Waals surface area contributed by atoms with E-state index in [4.69, 9.17) is 0 Å². The monoisotopic (exact) mass is 240 g/mol. The summed E-state index contributed by atoms with van der Waals surface area (Å²) in [6, 6.07) is 0.988. The Hall–Kier alpha value is -0.410. The van der Waals surface area contributed by atoms with Crippen LogP contribution in [0.5, 0.6) is 0 Å². The molecule has 0 aromatic carbocycles. The molecular formula is C13H24N2S. The van der Waals surface area contributed by atoms with E-state index in [1.165, 1.54) is 16.3 Å². The molecule has 1 rings (SSSR count). The van der Waals surface area contributed by atoms with Gasteiger partial charge in [-0.05, 0) is 32.6 Å². The first-order valence-electron chi connectivity index (χ1n) is 6.21. The zero-order chi connectivity index (χ0) is 12.1.